The SMILES string of the molecule is Cc1ccc(CNc2ccc(C(N)=S)cc2)cn1. The molecule has 0 aliphatic heterocycles. The maximum Gasteiger partial charge on any atom is 0.103 e. The van der Waals surface area contributed by atoms with E-state index in [-0.39, 0.29) is 0 Å². The van der Waals surface area contributed by atoms with E-state index in [1.165, 1.54) is 0 Å². The summed E-state index contributed by atoms with van der Waals surface area (Å²) in [6.07, 6.45) is 1.88. The molecule has 1 aromatic heterocycles. The summed E-state index contributed by atoms with van der Waals surface area (Å²) in [5.74, 6) is 0. The van der Waals surface area contributed by atoms with Crippen molar-refractivity contribution in [2.75, 3.05) is 5.32 Å². The predicted molar refractivity (Wildman–Crippen MR) is 78.6 cm³/mol. The number of anilines is 1. The first kappa shape index (κ1) is 12.5. The third kappa shape index (κ3) is 3.28. The van der Waals surface area contributed by atoms with Crippen LogP contribution in [0.5, 0.6) is 0 Å². The number of nitrogens with two attached hydrogens (primary N) is 1. The average molecular weight is 257 g/mol. The van der Waals surface area contributed by atoms with Gasteiger partial charge in [-0.05, 0) is 42.8 Å². The zero-order valence-electron chi connectivity index (χ0n) is 10.2. The number of nitrogens with one attached hydrogen (secondary N) is 1. The molecule has 0 saturated heterocycles. The molecule has 18 heavy (non-hydrogen) atoms. The Kier molecular flexibility index (Phi) is 3.89. The summed E-state index contributed by atoms with van der Waals surface area (Å²) in [4.78, 5) is 4.68. The number of hydrogen-bond donors (Lipinski definition) is 2. The van der Waals surface area contributed by atoms with Gasteiger partial charge in [-0.2, -0.15) is 0 Å². The molecule has 0 aliphatic carbocycles. The van der Waals surface area contributed by atoms with Crippen LogP contribution >= 0.6 is 12.2 Å². The highest BCUT2D eigenvalue weighted by Gasteiger charge is 1.97. The Balaban J connectivity index is 1.97. The van der Waals surface area contributed by atoms with Crippen molar-refractivity contribution in [2.24, 2.45) is 5.73 Å². The smallest absolute Gasteiger partial charge is 0.103 e. The first-order valence-corrected chi connectivity index (χ1v) is 6.11. The Hall–Kier alpha value is -1.94. The van der Waals surface area contributed by atoms with Crippen LogP contribution in [0.15, 0.2) is 42.6 Å². The van der Waals surface area contributed by atoms with E-state index in [0.717, 1.165) is 29.1 Å². The summed E-state index contributed by atoms with van der Waals surface area (Å²) < 4.78 is 0. The normalized spacial score (nSPS) is 10.1. The van der Waals surface area contributed by atoms with Crippen molar-refractivity contribution in [1.29, 1.82) is 0 Å². The molecule has 4 heteroatoms. The Labute approximate surface area is 112 Å². The van der Waals surface area contributed by atoms with Gasteiger partial charge in [0.1, 0.15) is 4.99 Å². The third-order valence-corrected chi connectivity index (χ3v) is 2.87. The molecule has 3 nitrogen and oxygen atoms in total. The molecule has 0 fully saturated rings. The topological polar surface area (TPSA) is 50.9 Å². The molecule has 0 spiro atoms. The molecule has 2 rings (SSSR count). The fourth-order valence-corrected chi connectivity index (χ4v) is 1.70. The number of aromatic nitrogens is 1. The summed E-state index contributed by atoms with van der Waals surface area (Å²) >= 11 is 4.91. The van der Waals surface area contributed by atoms with E-state index in [9.17, 15) is 0 Å². The Bertz CT molecular complexity index is 532. The minimum Gasteiger partial charge on any atom is -0.389 e. The first-order valence-electron chi connectivity index (χ1n) is 5.70. The van der Waals surface area contributed by atoms with Gasteiger partial charge >= 0.3 is 0 Å². The molecule has 0 atom stereocenters. The van der Waals surface area contributed by atoms with E-state index in [2.05, 4.69) is 16.4 Å². The summed E-state index contributed by atoms with van der Waals surface area (Å²) in [6, 6.07) is 11.8. The van der Waals surface area contributed by atoms with E-state index in [4.69, 9.17) is 18.0 Å². The van der Waals surface area contributed by atoms with Gasteiger partial charge in [0, 0.05) is 29.7 Å². The van der Waals surface area contributed by atoms with Crippen LogP contribution in [0.1, 0.15) is 16.8 Å². The summed E-state index contributed by atoms with van der Waals surface area (Å²) in [5, 5.41) is 3.32. The van der Waals surface area contributed by atoms with Gasteiger partial charge in [-0.15, -0.1) is 0 Å². The Morgan fingerprint density at radius 2 is 1.94 bits per heavy atom. The molecule has 0 radical (unpaired) electrons. The van der Waals surface area contributed by atoms with Gasteiger partial charge in [-0.25, -0.2) is 0 Å². The minimum atomic E-state index is 0.421. The summed E-state index contributed by atoms with van der Waals surface area (Å²) in [5.41, 5.74) is 9.64. The fraction of sp³-hybridized carbons (Fsp3) is 0.143. The molecule has 0 bridgehead atoms. The standard InChI is InChI=1S/C14H15N3S/c1-10-2-3-11(8-16-10)9-17-13-6-4-12(5-7-13)14(15)18/h2-8,17H,9H2,1H3,(H2,15,18). The van der Waals surface area contributed by atoms with Crippen LogP contribution in [0, 0.1) is 6.92 Å². The van der Waals surface area contributed by atoms with Gasteiger partial charge in [0.15, 0.2) is 0 Å². The molecule has 92 valence electrons. The van der Waals surface area contributed by atoms with Crippen molar-refractivity contribution < 1.29 is 0 Å². The first-order chi connectivity index (χ1) is 8.65. The molecule has 1 heterocycles. The largest absolute Gasteiger partial charge is 0.389 e. The molecule has 1 aromatic carbocycles. The number of benzene rings is 1. The molecular weight excluding hydrogens is 242 g/mol. The Morgan fingerprint density at radius 3 is 2.50 bits per heavy atom. The number of thiocarbonyl (C=S) groups is 1. The zero-order chi connectivity index (χ0) is 13.0. The second kappa shape index (κ2) is 5.60. The summed E-state index contributed by atoms with van der Waals surface area (Å²) in [7, 11) is 0. The molecular formula is C14H15N3S. The van der Waals surface area contributed by atoms with Crippen molar-refractivity contribution in [1.82, 2.24) is 4.98 Å². The van der Waals surface area contributed by atoms with Gasteiger partial charge in [-0.1, -0.05) is 18.3 Å². The molecule has 0 amide bonds. The quantitative estimate of drug-likeness (QED) is 0.827. The highest BCUT2D eigenvalue weighted by Crippen LogP contribution is 2.11. The lowest BCUT2D eigenvalue weighted by Crippen LogP contribution is -2.09. The van der Waals surface area contributed by atoms with Crippen LogP contribution in [-0.4, -0.2) is 9.97 Å². The second-order valence-electron chi connectivity index (χ2n) is 4.10. The van der Waals surface area contributed by atoms with Crippen LogP contribution in [0.4, 0.5) is 5.69 Å². The third-order valence-electron chi connectivity index (χ3n) is 2.64. The van der Waals surface area contributed by atoms with Gasteiger partial charge < -0.3 is 11.1 Å². The van der Waals surface area contributed by atoms with Crippen LogP contribution in [0.2, 0.25) is 0 Å². The zero-order valence-corrected chi connectivity index (χ0v) is 11.0. The van der Waals surface area contributed by atoms with Gasteiger partial charge in [0.2, 0.25) is 0 Å². The highest BCUT2D eigenvalue weighted by molar-refractivity contribution is 7.80. The van der Waals surface area contributed by atoms with Crippen molar-refractivity contribution >= 4 is 22.9 Å². The van der Waals surface area contributed by atoms with Crippen LogP contribution in [-0.2, 0) is 6.54 Å². The van der Waals surface area contributed by atoms with E-state index < -0.39 is 0 Å². The van der Waals surface area contributed by atoms with Crippen molar-refractivity contribution in [3.63, 3.8) is 0 Å². The van der Waals surface area contributed by atoms with Crippen molar-refractivity contribution in [3.8, 4) is 0 Å². The van der Waals surface area contributed by atoms with E-state index in [1.54, 1.807) is 0 Å². The molecule has 3 N–H and O–H groups in total. The van der Waals surface area contributed by atoms with Crippen LogP contribution in [0.3, 0.4) is 0 Å². The molecule has 0 unspecified atom stereocenters. The van der Waals surface area contributed by atoms with Crippen molar-refractivity contribution in [2.45, 2.75) is 13.5 Å². The lowest BCUT2D eigenvalue weighted by Gasteiger charge is -2.07. The minimum absolute atomic E-state index is 0.421. The van der Waals surface area contributed by atoms with E-state index in [1.807, 2.05) is 43.5 Å². The lowest BCUT2D eigenvalue weighted by molar-refractivity contribution is 1.09. The van der Waals surface area contributed by atoms with Gasteiger partial charge in [0.25, 0.3) is 0 Å². The lowest BCUT2D eigenvalue weighted by atomic mass is 10.2. The van der Waals surface area contributed by atoms with Gasteiger partial charge in [0.05, 0.1) is 0 Å². The monoisotopic (exact) mass is 257 g/mol. The Morgan fingerprint density at radius 1 is 1.22 bits per heavy atom. The van der Waals surface area contributed by atoms with Gasteiger partial charge in [-0.3, -0.25) is 4.98 Å². The molecule has 2 aromatic rings. The maximum absolute atomic E-state index is 5.55. The number of pyridine rings is 1. The van der Waals surface area contributed by atoms with Crippen molar-refractivity contribution in [3.05, 3.63) is 59.4 Å². The number of hydrogen-bond acceptors (Lipinski definition) is 3. The number of nitrogens with zero attached hydrogens (tertiary/aromatic N) is 1. The fourth-order valence-electron chi connectivity index (χ4n) is 1.56. The van der Waals surface area contributed by atoms with E-state index in [0.29, 0.717) is 4.99 Å². The molecule has 0 saturated carbocycles. The highest BCUT2D eigenvalue weighted by atomic mass is 32.1. The van der Waals surface area contributed by atoms with Crippen LogP contribution in [0.25, 0.3) is 0 Å². The number of aryl methyl sites for hydroxylation is 1. The maximum atomic E-state index is 5.55. The average Bonchev–Trinajstić information content (AvgIpc) is 2.38. The summed E-state index contributed by atoms with van der Waals surface area (Å²) in [6.45, 7) is 2.73. The van der Waals surface area contributed by atoms with E-state index >= 15 is 0 Å². The second-order valence-corrected chi connectivity index (χ2v) is 4.54. The molecule has 0 aliphatic rings. The predicted octanol–water partition coefficient (Wildman–Crippen LogP) is 2.64. The van der Waals surface area contributed by atoms with Crippen LogP contribution < -0.4 is 11.1 Å². The number of rotatable bonds is 4.